The molecule has 1 atom stereocenters. The van der Waals surface area contributed by atoms with E-state index >= 15 is 0 Å². The number of rotatable bonds is 6. The van der Waals surface area contributed by atoms with Gasteiger partial charge in [-0.25, -0.2) is 13.1 Å². The number of benzene rings is 1. The SMILES string of the molecule is Cc1[nH]ncc1S(=O)(=O)NCC(c1ccccc1)N(C)C. The Morgan fingerprint density at radius 1 is 1.29 bits per heavy atom. The van der Waals surface area contributed by atoms with Crippen LogP contribution >= 0.6 is 0 Å². The predicted molar refractivity (Wildman–Crippen MR) is 81.4 cm³/mol. The summed E-state index contributed by atoms with van der Waals surface area (Å²) in [5.41, 5.74) is 1.60. The first-order chi connectivity index (χ1) is 9.92. The van der Waals surface area contributed by atoms with Crippen LogP contribution in [0.1, 0.15) is 17.3 Å². The van der Waals surface area contributed by atoms with E-state index < -0.39 is 10.0 Å². The summed E-state index contributed by atoms with van der Waals surface area (Å²) in [6.45, 7) is 1.98. The molecular weight excluding hydrogens is 288 g/mol. The molecule has 0 aliphatic rings. The molecule has 2 rings (SSSR count). The molecule has 114 valence electrons. The molecule has 2 N–H and O–H groups in total. The molecule has 1 aromatic heterocycles. The number of aromatic nitrogens is 2. The zero-order valence-electron chi connectivity index (χ0n) is 12.4. The van der Waals surface area contributed by atoms with E-state index in [0.717, 1.165) is 5.56 Å². The number of sulfonamides is 1. The van der Waals surface area contributed by atoms with Gasteiger partial charge in [-0.05, 0) is 26.6 Å². The van der Waals surface area contributed by atoms with E-state index in [1.54, 1.807) is 6.92 Å². The van der Waals surface area contributed by atoms with Crippen LogP contribution in [-0.4, -0.2) is 44.2 Å². The van der Waals surface area contributed by atoms with Crippen molar-refractivity contribution in [3.63, 3.8) is 0 Å². The summed E-state index contributed by atoms with van der Waals surface area (Å²) in [4.78, 5) is 2.17. The van der Waals surface area contributed by atoms with Crippen molar-refractivity contribution < 1.29 is 8.42 Å². The number of aromatic amines is 1. The monoisotopic (exact) mass is 308 g/mol. The lowest BCUT2D eigenvalue weighted by Gasteiger charge is -2.25. The molecule has 21 heavy (non-hydrogen) atoms. The van der Waals surface area contributed by atoms with Gasteiger partial charge in [-0.3, -0.25) is 5.10 Å². The molecule has 0 saturated carbocycles. The van der Waals surface area contributed by atoms with Gasteiger partial charge in [0, 0.05) is 12.6 Å². The van der Waals surface area contributed by atoms with Crippen LogP contribution in [0.2, 0.25) is 0 Å². The van der Waals surface area contributed by atoms with E-state index in [-0.39, 0.29) is 10.9 Å². The van der Waals surface area contributed by atoms with Crippen molar-refractivity contribution in [2.45, 2.75) is 17.9 Å². The Morgan fingerprint density at radius 3 is 2.48 bits per heavy atom. The second-order valence-electron chi connectivity index (χ2n) is 5.10. The summed E-state index contributed by atoms with van der Waals surface area (Å²) in [6, 6.07) is 9.77. The Bertz CT molecular complexity index is 680. The third-order valence-corrected chi connectivity index (χ3v) is 4.88. The molecule has 0 aliphatic carbocycles. The van der Waals surface area contributed by atoms with Gasteiger partial charge in [-0.15, -0.1) is 0 Å². The van der Waals surface area contributed by atoms with Gasteiger partial charge in [0.1, 0.15) is 4.90 Å². The molecule has 0 aliphatic heterocycles. The lowest BCUT2D eigenvalue weighted by molar-refractivity contribution is 0.299. The average molecular weight is 308 g/mol. The van der Waals surface area contributed by atoms with Crippen LogP contribution in [0.5, 0.6) is 0 Å². The lowest BCUT2D eigenvalue weighted by Crippen LogP contribution is -2.34. The Balaban J connectivity index is 2.15. The van der Waals surface area contributed by atoms with Crippen LogP contribution < -0.4 is 4.72 Å². The van der Waals surface area contributed by atoms with Gasteiger partial charge in [-0.1, -0.05) is 30.3 Å². The minimum atomic E-state index is -3.55. The fraction of sp³-hybridized carbons (Fsp3) is 0.357. The highest BCUT2D eigenvalue weighted by Crippen LogP contribution is 2.18. The Labute approximate surface area is 125 Å². The highest BCUT2D eigenvalue weighted by Gasteiger charge is 2.21. The van der Waals surface area contributed by atoms with Gasteiger partial charge < -0.3 is 4.90 Å². The summed E-state index contributed by atoms with van der Waals surface area (Å²) in [6.07, 6.45) is 1.32. The van der Waals surface area contributed by atoms with Gasteiger partial charge >= 0.3 is 0 Å². The van der Waals surface area contributed by atoms with Crippen LogP contribution in [0, 0.1) is 6.92 Å². The number of hydrogen-bond donors (Lipinski definition) is 2. The standard InChI is InChI=1S/C14H20N4O2S/c1-11-14(10-15-17-11)21(19,20)16-9-13(18(2)3)12-7-5-4-6-8-12/h4-8,10,13,16H,9H2,1-3H3,(H,15,17). The van der Waals surface area contributed by atoms with Crippen LogP contribution in [-0.2, 0) is 10.0 Å². The lowest BCUT2D eigenvalue weighted by atomic mass is 10.1. The van der Waals surface area contributed by atoms with Gasteiger partial charge in [0.15, 0.2) is 0 Å². The van der Waals surface area contributed by atoms with Crippen molar-refractivity contribution in [2.24, 2.45) is 0 Å². The molecule has 0 amide bonds. The Morgan fingerprint density at radius 2 is 1.95 bits per heavy atom. The molecule has 1 unspecified atom stereocenters. The third kappa shape index (κ3) is 3.69. The molecular formula is C14H20N4O2S. The van der Waals surface area contributed by atoms with Crippen molar-refractivity contribution >= 4 is 10.0 Å². The molecule has 0 radical (unpaired) electrons. The number of nitrogens with one attached hydrogen (secondary N) is 2. The van der Waals surface area contributed by atoms with E-state index in [9.17, 15) is 8.42 Å². The van der Waals surface area contributed by atoms with Crippen LogP contribution in [0.4, 0.5) is 0 Å². The van der Waals surface area contributed by atoms with Crippen LogP contribution in [0.25, 0.3) is 0 Å². The Hall–Kier alpha value is -1.70. The fourth-order valence-electron chi connectivity index (χ4n) is 2.15. The normalized spacial score (nSPS) is 13.5. The molecule has 1 heterocycles. The Kier molecular flexibility index (Phi) is 4.76. The number of likely N-dealkylation sites (N-methyl/N-ethyl adjacent to an activating group) is 1. The van der Waals surface area contributed by atoms with Gasteiger partial charge in [0.25, 0.3) is 0 Å². The van der Waals surface area contributed by atoms with Gasteiger partial charge in [0.05, 0.1) is 11.9 Å². The van der Waals surface area contributed by atoms with E-state index in [4.69, 9.17) is 0 Å². The molecule has 0 bridgehead atoms. The molecule has 1 aromatic carbocycles. The van der Waals surface area contributed by atoms with E-state index in [1.165, 1.54) is 6.20 Å². The summed E-state index contributed by atoms with van der Waals surface area (Å²) in [5.74, 6) is 0. The molecule has 0 fully saturated rings. The van der Waals surface area contributed by atoms with E-state index in [1.807, 2.05) is 49.3 Å². The van der Waals surface area contributed by atoms with Crippen molar-refractivity contribution in [3.8, 4) is 0 Å². The largest absolute Gasteiger partial charge is 0.301 e. The fourth-order valence-corrected chi connectivity index (χ4v) is 3.32. The average Bonchev–Trinajstić information content (AvgIpc) is 2.87. The predicted octanol–water partition coefficient (Wildman–Crippen LogP) is 1.30. The third-order valence-electron chi connectivity index (χ3n) is 3.35. The zero-order chi connectivity index (χ0) is 15.5. The number of H-pyrrole nitrogens is 1. The second kappa shape index (κ2) is 6.38. The topological polar surface area (TPSA) is 78.1 Å². The summed E-state index contributed by atoms with van der Waals surface area (Å²) >= 11 is 0. The highest BCUT2D eigenvalue weighted by atomic mass is 32.2. The van der Waals surface area contributed by atoms with Gasteiger partial charge in [0.2, 0.25) is 10.0 Å². The maximum atomic E-state index is 12.3. The summed E-state index contributed by atoms with van der Waals surface area (Å²) in [5, 5.41) is 6.39. The maximum absolute atomic E-state index is 12.3. The number of aryl methyl sites for hydroxylation is 1. The molecule has 6 nitrogen and oxygen atoms in total. The van der Waals surface area contributed by atoms with Crippen LogP contribution in [0.3, 0.4) is 0 Å². The van der Waals surface area contributed by atoms with Gasteiger partial charge in [-0.2, -0.15) is 5.10 Å². The first-order valence-electron chi connectivity index (χ1n) is 6.63. The number of nitrogens with zero attached hydrogens (tertiary/aromatic N) is 2. The summed E-state index contributed by atoms with van der Waals surface area (Å²) < 4.78 is 27.2. The number of hydrogen-bond acceptors (Lipinski definition) is 4. The van der Waals surface area contributed by atoms with E-state index in [2.05, 4.69) is 14.9 Å². The minimum Gasteiger partial charge on any atom is -0.301 e. The maximum Gasteiger partial charge on any atom is 0.244 e. The first-order valence-corrected chi connectivity index (χ1v) is 8.11. The van der Waals surface area contributed by atoms with Crippen molar-refractivity contribution in [1.29, 1.82) is 0 Å². The van der Waals surface area contributed by atoms with E-state index in [0.29, 0.717) is 12.2 Å². The minimum absolute atomic E-state index is 0.0341. The smallest absolute Gasteiger partial charge is 0.244 e. The first kappa shape index (κ1) is 15.7. The second-order valence-corrected chi connectivity index (χ2v) is 6.84. The molecule has 2 aromatic rings. The van der Waals surface area contributed by atoms with Crippen molar-refractivity contribution in [2.75, 3.05) is 20.6 Å². The quantitative estimate of drug-likeness (QED) is 0.843. The molecule has 7 heteroatoms. The molecule has 0 saturated heterocycles. The summed E-state index contributed by atoms with van der Waals surface area (Å²) in [7, 11) is 0.297. The molecule has 0 spiro atoms. The van der Waals surface area contributed by atoms with Crippen LogP contribution in [0.15, 0.2) is 41.4 Å². The highest BCUT2D eigenvalue weighted by molar-refractivity contribution is 7.89. The van der Waals surface area contributed by atoms with Crippen molar-refractivity contribution in [1.82, 2.24) is 19.8 Å². The zero-order valence-corrected chi connectivity index (χ0v) is 13.2. The van der Waals surface area contributed by atoms with Crippen molar-refractivity contribution in [3.05, 3.63) is 47.8 Å².